The zero-order chi connectivity index (χ0) is 16.1. The summed E-state index contributed by atoms with van der Waals surface area (Å²) in [5, 5.41) is 10.5. The van der Waals surface area contributed by atoms with Crippen molar-refractivity contribution in [3.05, 3.63) is 24.2 Å². The van der Waals surface area contributed by atoms with Crippen molar-refractivity contribution in [1.82, 2.24) is 25.4 Å². The summed E-state index contributed by atoms with van der Waals surface area (Å²) in [7, 11) is 0. The Morgan fingerprint density at radius 3 is 3.12 bits per heavy atom. The number of nitrogens with one attached hydrogen (secondary N) is 2. The fraction of sp³-hybridized carbons (Fsp3) is 0.562. The maximum absolute atomic E-state index is 5.30. The second kappa shape index (κ2) is 9.05. The molecule has 3 rings (SSSR count). The van der Waals surface area contributed by atoms with Gasteiger partial charge >= 0.3 is 0 Å². The van der Waals surface area contributed by atoms with Crippen LogP contribution in [0.25, 0.3) is 11.6 Å². The Morgan fingerprint density at radius 1 is 1.54 bits per heavy atom. The summed E-state index contributed by atoms with van der Waals surface area (Å²) in [6, 6.07) is 3.67. The summed E-state index contributed by atoms with van der Waals surface area (Å²) in [6.45, 7) is 7.83. The van der Waals surface area contributed by atoms with Gasteiger partial charge in [-0.25, -0.2) is 9.98 Å². The van der Waals surface area contributed by atoms with E-state index in [4.69, 9.17) is 9.41 Å². The zero-order valence-corrected chi connectivity index (χ0v) is 16.5. The molecule has 1 atom stereocenters. The number of piperidine rings is 1. The molecule has 8 heteroatoms. The first-order chi connectivity index (χ1) is 11.3. The van der Waals surface area contributed by atoms with E-state index in [2.05, 4.69) is 39.2 Å². The van der Waals surface area contributed by atoms with Crippen molar-refractivity contribution >= 4 is 29.9 Å². The predicted molar refractivity (Wildman–Crippen MR) is 104 cm³/mol. The molecule has 0 spiro atoms. The lowest BCUT2D eigenvalue weighted by Gasteiger charge is -2.33. The minimum absolute atomic E-state index is 0. The Balaban J connectivity index is 0.00000208. The highest BCUT2D eigenvalue weighted by molar-refractivity contribution is 14.0. The van der Waals surface area contributed by atoms with Crippen molar-refractivity contribution < 1.29 is 4.42 Å². The van der Waals surface area contributed by atoms with Crippen molar-refractivity contribution in [3.8, 4) is 11.6 Å². The molecular weight excluding hydrogens is 419 g/mol. The standard InChI is InChI=1S/C16H24N6O.HI/c1-3-17-16(22-8-4-6-12(2)11-22)18-10-14-19-15(21-20-14)13-7-5-9-23-13;/h5,7,9,12H,3-4,6,8,10-11H2,1-2H3,(H,17,18)(H,19,20,21);1H. The number of likely N-dealkylation sites (tertiary alicyclic amines) is 1. The second-order valence-electron chi connectivity index (χ2n) is 5.95. The van der Waals surface area contributed by atoms with Crippen LogP contribution < -0.4 is 5.32 Å². The maximum atomic E-state index is 5.30. The van der Waals surface area contributed by atoms with Gasteiger partial charge in [-0.1, -0.05) is 6.92 Å². The van der Waals surface area contributed by atoms with Crippen molar-refractivity contribution in [3.63, 3.8) is 0 Å². The van der Waals surface area contributed by atoms with E-state index in [0.29, 0.717) is 24.0 Å². The lowest BCUT2D eigenvalue weighted by Crippen LogP contribution is -2.46. The summed E-state index contributed by atoms with van der Waals surface area (Å²) >= 11 is 0. The molecule has 0 bridgehead atoms. The molecule has 0 aromatic carbocycles. The van der Waals surface area contributed by atoms with E-state index in [1.807, 2.05) is 12.1 Å². The summed E-state index contributed by atoms with van der Waals surface area (Å²) in [6.07, 6.45) is 4.13. The molecule has 0 saturated carbocycles. The molecule has 1 fully saturated rings. The zero-order valence-electron chi connectivity index (χ0n) is 14.2. The fourth-order valence-electron chi connectivity index (χ4n) is 2.84. The Kier molecular flexibility index (Phi) is 7.07. The quantitative estimate of drug-likeness (QED) is 0.431. The van der Waals surface area contributed by atoms with Crippen molar-refractivity contribution in [2.45, 2.75) is 33.2 Å². The number of furan rings is 1. The van der Waals surface area contributed by atoms with Crippen LogP contribution in [0.3, 0.4) is 0 Å². The number of nitrogens with zero attached hydrogens (tertiary/aromatic N) is 4. The average Bonchev–Trinajstić information content (AvgIpc) is 3.22. The van der Waals surface area contributed by atoms with Crippen LogP contribution >= 0.6 is 24.0 Å². The van der Waals surface area contributed by atoms with Crippen molar-refractivity contribution in [1.29, 1.82) is 0 Å². The van der Waals surface area contributed by atoms with Crippen LogP contribution in [0.2, 0.25) is 0 Å². The number of guanidine groups is 1. The van der Waals surface area contributed by atoms with Crippen molar-refractivity contribution in [2.75, 3.05) is 19.6 Å². The van der Waals surface area contributed by atoms with Crippen molar-refractivity contribution in [2.24, 2.45) is 10.9 Å². The normalized spacial score (nSPS) is 18.3. The number of aliphatic imine (C=N–C) groups is 1. The largest absolute Gasteiger partial charge is 0.461 e. The minimum Gasteiger partial charge on any atom is -0.461 e. The second-order valence-corrected chi connectivity index (χ2v) is 5.95. The Hall–Kier alpha value is -1.58. The highest BCUT2D eigenvalue weighted by atomic mass is 127. The fourth-order valence-corrected chi connectivity index (χ4v) is 2.84. The van der Waals surface area contributed by atoms with Crippen LogP contribution in [-0.2, 0) is 6.54 Å². The van der Waals surface area contributed by atoms with E-state index >= 15 is 0 Å². The van der Waals surface area contributed by atoms with E-state index in [1.54, 1.807) is 6.26 Å². The number of hydrogen-bond acceptors (Lipinski definition) is 4. The molecule has 1 aliphatic heterocycles. The number of hydrogen-bond donors (Lipinski definition) is 2. The third kappa shape index (κ3) is 4.71. The van der Waals surface area contributed by atoms with Gasteiger partial charge in [-0.05, 0) is 37.8 Å². The summed E-state index contributed by atoms with van der Waals surface area (Å²) < 4.78 is 5.30. The summed E-state index contributed by atoms with van der Waals surface area (Å²) in [5.41, 5.74) is 0. The molecule has 7 nitrogen and oxygen atoms in total. The van der Waals surface area contributed by atoms with Gasteiger partial charge in [-0.3, -0.25) is 5.10 Å². The first kappa shape index (κ1) is 18.8. The molecule has 1 aliphatic rings. The highest BCUT2D eigenvalue weighted by Crippen LogP contribution is 2.16. The number of rotatable bonds is 4. The van der Waals surface area contributed by atoms with Gasteiger partial charge in [0.05, 0.1) is 6.26 Å². The molecule has 2 aromatic heterocycles. The van der Waals surface area contributed by atoms with Gasteiger partial charge in [-0.15, -0.1) is 29.1 Å². The molecule has 3 heterocycles. The lowest BCUT2D eigenvalue weighted by atomic mass is 10.0. The molecule has 1 unspecified atom stereocenters. The van der Waals surface area contributed by atoms with Gasteiger partial charge in [-0.2, -0.15) is 0 Å². The van der Waals surface area contributed by atoms with E-state index < -0.39 is 0 Å². The first-order valence-electron chi connectivity index (χ1n) is 8.24. The third-order valence-corrected chi connectivity index (χ3v) is 3.94. The molecule has 132 valence electrons. The monoisotopic (exact) mass is 444 g/mol. The van der Waals surface area contributed by atoms with Crippen LogP contribution in [0.1, 0.15) is 32.5 Å². The number of aromatic nitrogens is 3. The Morgan fingerprint density at radius 2 is 2.42 bits per heavy atom. The summed E-state index contributed by atoms with van der Waals surface area (Å²) in [5.74, 6) is 3.63. The Labute approximate surface area is 159 Å². The van der Waals surface area contributed by atoms with Crippen LogP contribution in [0.5, 0.6) is 0 Å². The van der Waals surface area contributed by atoms with E-state index in [1.165, 1.54) is 12.8 Å². The number of aromatic amines is 1. The molecule has 1 saturated heterocycles. The van der Waals surface area contributed by atoms with Crippen LogP contribution in [-0.4, -0.2) is 45.7 Å². The number of halogens is 1. The van der Waals surface area contributed by atoms with E-state index in [-0.39, 0.29) is 24.0 Å². The average molecular weight is 444 g/mol. The molecular formula is C16H25IN6O. The molecule has 2 aromatic rings. The topological polar surface area (TPSA) is 82.3 Å². The van der Waals surface area contributed by atoms with Gasteiger partial charge in [0.25, 0.3) is 0 Å². The minimum atomic E-state index is 0. The van der Waals surface area contributed by atoms with Gasteiger partial charge in [0.1, 0.15) is 12.4 Å². The summed E-state index contributed by atoms with van der Waals surface area (Å²) in [4.78, 5) is 11.5. The van der Waals surface area contributed by atoms with Gasteiger partial charge in [0, 0.05) is 19.6 Å². The van der Waals surface area contributed by atoms with Crippen LogP contribution in [0.4, 0.5) is 0 Å². The SMILES string of the molecule is CCNC(=NCc1nc(-c2ccco2)n[nH]1)N1CCCC(C)C1.I. The van der Waals surface area contributed by atoms with Gasteiger partial charge < -0.3 is 14.6 Å². The molecule has 0 aliphatic carbocycles. The Bertz CT molecular complexity index is 639. The smallest absolute Gasteiger partial charge is 0.216 e. The third-order valence-electron chi connectivity index (χ3n) is 3.94. The van der Waals surface area contributed by atoms with E-state index in [0.717, 1.165) is 31.4 Å². The molecule has 2 N–H and O–H groups in total. The van der Waals surface area contributed by atoms with Crippen LogP contribution in [0.15, 0.2) is 27.8 Å². The van der Waals surface area contributed by atoms with Crippen LogP contribution in [0, 0.1) is 5.92 Å². The predicted octanol–water partition coefficient (Wildman–Crippen LogP) is 2.88. The molecule has 0 amide bonds. The highest BCUT2D eigenvalue weighted by Gasteiger charge is 2.19. The molecule has 0 radical (unpaired) electrons. The number of H-pyrrole nitrogens is 1. The van der Waals surface area contributed by atoms with Gasteiger partial charge in [0.2, 0.25) is 5.82 Å². The van der Waals surface area contributed by atoms with E-state index in [9.17, 15) is 0 Å². The van der Waals surface area contributed by atoms with Gasteiger partial charge in [0.15, 0.2) is 11.7 Å². The maximum Gasteiger partial charge on any atom is 0.216 e. The molecule has 24 heavy (non-hydrogen) atoms. The lowest BCUT2D eigenvalue weighted by molar-refractivity contribution is 0.266. The first-order valence-corrected chi connectivity index (χ1v) is 8.24.